The fraction of sp³-hybridized carbons (Fsp3) is 0.194. The third kappa shape index (κ3) is 4.39. The molecule has 4 heteroatoms. The smallest absolute Gasteiger partial charge is 0.326 e. The summed E-state index contributed by atoms with van der Waals surface area (Å²) in [6.07, 6.45) is -0.340. The Kier molecular flexibility index (Phi) is 6.75. The van der Waals surface area contributed by atoms with Crippen LogP contribution in [0.1, 0.15) is 28.7 Å². The molecule has 0 aromatic heterocycles. The molecule has 0 aliphatic carbocycles. The molecule has 0 spiro atoms. The van der Waals surface area contributed by atoms with Crippen molar-refractivity contribution in [3.05, 3.63) is 144 Å². The van der Waals surface area contributed by atoms with Crippen LogP contribution in [0.15, 0.2) is 121 Å². The number of benzene rings is 4. The first kappa shape index (κ1) is 23.0. The van der Waals surface area contributed by atoms with E-state index in [1.165, 1.54) is 0 Å². The van der Waals surface area contributed by atoms with Crippen molar-refractivity contribution in [1.29, 1.82) is 0 Å². The molecule has 1 aliphatic rings. The number of aliphatic hydroxyl groups excluding tert-OH is 1. The summed E-state index contributed by atoms with van der Waals surface area (Å²) in [5.41, 5.74) is 3.24. The Morgan fingerprint density at radius 2 is 1.17 bits per heavy atom. The molecule has 1 fully saturated rings. The van der Waals surface area contributed by atoms with Crippen molar-refractivity contribution in [3.8, 4) is 0 Å². The topological polar surface area (TPSA) is 49.8 Å². The summed E-state index contributed by atoms with van der Waals surface area (Å²) < 4.78 is 5.77. The van der Waals surface area contributed by atoms with E-state index in [9.17, 15) is 9.90 Å². The Balaban J connectivity index is 1.63. The number of carbonyl (C=O) groups is 1. The summed E-state index contributed by atoms with van der Waals surface area (Å²) in [4.78, 5) is 15.7. The van der Waals surface area contributed by atoms with Crippen molar-refractivity contribution in [2.24, 2.45) is 0 Å². The molecule has 0 radical (unpaired) electrons. The van der Waals surface area contributed by atoms with Crippen LogP contribution < -0.4 is 0 Å². The normalized spacial score (nSPS) is 18.3. The molecule has 1 heterocycles. The fourth-order valence-electron chi connectivity index (χ4n) is 5.29. The maximum Gasteiger partial charge on any atom is 0.326 e. The molecular formula is C31H29NO3. The van der Waals surface area contributed by atoms with Gasteiger partial charge in [-0.15, -0.1) is 0 Å². The molecule has 176 valence electrons. The summed E-state index contributed by atoms with van der Waals surface area (Å²) in [5.74, 6) is -0.411. The van der Waals surface area contributed by atoms with Gasteiger partial charge in [0.05, 0.1) is 11.6 Å². The SMILES string of the molecule is O=C(OCc1ccccc1)[C@@H]1[C@H](O)CCN1C(c1ccccc1)(c1ccccc1)c1ccccc1. The second-order valence-corrected chi connectivity index (χ2v) is 8.90. The predicted molar refractivity (Wildman–Crippen MR) is 137 cm³/mol. The summed E-state index contributed by atoms with van der Waals surface area (Å²) >= 11 is 0. The zero-order valence-electron chi connectivity index (χ0n) is 19.5. The highest BCUT2D eigenvalue weighted by molar-refractivity contribution is 5.78. The van der Waals surface area contributed by atoms with Crippen LogP contribution in [-0.4, -0.2) is 34.7 Å². The van der Waals surface area contributed by atoms with Gasteiger partial charge in [0.15, 0.2) is 0 Å². The lowest BCUT2D eigenvalue weighted by atomic mass is 9.75. The van der Waals surface area contributed by atoms with Gasteiger partial charge in [0.1, 0.15) is 12.6 Å². The van der Waals surface area contributed by atoms with Crippen molar-refractivity contribution in [2.45, 2.75) is 30.7 Å². The van der Waals surface area contributed by atoms with Crippen LogP contribution >= 0.6 is 0 Å². The molecule has 0 amide bonds. The van der Waals surface area contributed by atoms with E-state index in [4.69, 9.17) is 4.74 Å². The second kappa shape index (κ2) is 10.3. The number of hydrogen-bond acceptors (Lipinski definition) is 4. The zero-order valence-corrected chi connectivity index (χ0v) is 19.5. The van der Waals surface area contributed by atoms with E-state index in [0.29, 0.717) is 13.0 Å². The van der Waals surface area contributed by atoms with Gasteiger partial charge in [-0.25, -0.2) is 0 Å². The molecule has 0 saturated carbocycles. The Morgan fingerprint density at radius 1 is 0.743 bits per heavy atom. The average Bonchev–Trinajstić information content (AvgIpc) is 3.32. The number of esters is 1. The summed E-state index contributed by atoms with van der Waals surface area (Å²) in [5, 5.41) is 11.1. The quantitative estimate of drug-likeness (QED) is 0.304. The number of aliphatic hydroxyl groups is 1. The van der Waals surface area contributed by atoms with Crippen LogP contribution in [0, 0.1) is 0 Å². The van der Waals surface area contributed by atoms with E-state index in [0.717, 1.165) is 22.3 Å². The monoisotopic (exact) mass is 463 g/mol. The number of likely N-dealkylation sites (tertiary alicyclic amines) is 1. The molecule has 1 N–H and O–H groups in total. The summed E-state index contributed by atoms with van der Waals surface area (Å²) in [6.45, 7) is 0.719. The van der Waals surface area contributed by atoms with E-state index >= 15 is 0 Å². The van der Waals surface area contributed by atoms with E-state index < -0.39 is 23.7 Å². The number of hydrogen-bond donors (Lipinski definition) is 1. The number of nitrogens with zero attached hydrogens (tertiary/aromatic N) is 1. The first-order valence-corrected chi connectivity index (χ1v) is 12.0. The van der Waals surface area contributed by atoms with Gasteiger partial charge in [0, 0.05) is 6.54 Å². The molecule has 35 heavy (non-hydrogen) atoms. The maximum absolute atomic E-state index is 13.6. The minimum atomic E-state index is -0.825. The minimum Gasteiger partial charge on any atom is -0.460 e. The van der Waals surface area contributed by atoms with Crippen molar-refractivity contribution in [2.75, 3.05) is 6.54 Å². The van der Waals surface area contributed by atoms with Gasteiger partial charge in [0.25, 0.3) is 0 Å². The van der Waals surface area contributed by atoms with Gasteiger partial charge >= 0.3 is 5.97 Å². The third-order valence-corrected chi connectivity index (χ3v) is 6.84. The lowest BCUT2D eigenvalue weighted by molar-refractivity contribution is -0.155. The standard InChI is InChI=1S/C31H29NO3/c33-28-21-22-32(29(28)30(34)35-23-24-13-5-1-6-14-24)31(25-15-7-2-8-16-25,26-17-9-3-10-18-26)27-19-11-4-12-20-27/h1-20,28-29,33H,21-23H2/t28-,29+/m1/s1. The van der Waals surface area contributed by atoms with Crippen molar-refractivity contribution >= 4 is 5.97 Å². The predicted octanol–water partition coefficient (Wildman–Crippen LogP) is 5.16. The molecule has 2 atom stereocenters. The van der Waals surface area contributed by atoms with Crippen LogP contribution in [0.3, 0.4) is 0 Å². The first-order valence-electron chi connectivity index (χ1n) is 12.0. The van der Waals surface area contributed by atoms with E-state index in [2.05, 4.69) is 41.3 Å². The van der Waals surface area contributed by atoms with Gasteiger partial charge in [-0.3, -0.25) is 9.69 Å². The van der Waals surface area contributed by atoms with Gasteiger partial charge in [-0.2, -0.15) is 0 Å². The Labute approximate surface area is 206 Å². The van der Waals surface area contributed by atoms with Crippen LogP contribution in [0.25, 0.3) is 0 Å². The van der Waals surface area contributed by atoms with Crippen molar-refractivity contribution in [1.82, 2.24) is 4.90 Å². The summed E-state index contributed by atoms with van der Waals surface area (Å²) in [7, 11) is 0. The molecule has 1 saturated heterocycles. The molecule has 4 nitrogen and oxygen atoms in total. The van der Waals surface area contributed by atoms with Crippen molar-refractivity contribution < 1.29 is 14.6 Å². The molecule has 4 aromatic carbocycles. The fourth-order valence-corrected chi connectivity index (χ4v) is 5.29. The van der Waals surface area contributed by atoms with Gasteiger partial charge < -0.3 is 9.84 Å². The van der Waals surface area contributed by atoms with Crippen molar-refractivity contribution in [3.63, 3.8) is 0 Å². The lowest BCUT2D eigenvalue weighted by Crippen LogP contribution is -2.55. The van der Waals surface area contributed by atoms with Crippen LogP contribution in [0.5, 0.6) is 0 Å². The summed E-state index contributed by atoms with van der Waals surface area (Å²) in [6, 6.07) is 39.5. The Bertz CT molecular complexity index is 1130. The maximum atomic E-state index is 13.6. The molecule has 4 aromatic rings. The Morgan fingerprint density at radius 3 is 1.63 bits per heavy atom. The molecule has 0 bridgehead atoms. The van der Waals surface area contributed by atoms with E-state index in [1.807, 2.05) is 84.9 Å². The largest absolute Gasteiger partial charge is 0.460 e. The number of ether oxygens (including phenoxy) is 1. The Hall–Kier alpha value is -3.73. The van der Waals surface area contributed by atoms with Gasteiger partial charge in [-0.05, 0) is 28.7 Å². The molecule has 0 unspecified atom stereocenters. The van der Waals surface area contributed by atoms with Crippen LogP contribution in [0.4, 0.5) is 0 Å². The van der Waals surface area contributed by atoms with E-state index in [-0.39, 0.29) is 6.61 Å². The highest BCUT2D eigenvalue weighted by Crippen LogP contribution is 2.46. The van der Waals surface area contributed by atoms with E-state index in [1.54, 1.807) is 0 Å². The number of carbonyl (C=O) groups excluding carboxylic acids is 1. The average molecular weight is 464 g/mol. The lowest BCUT2D eigenvalue weighted by Gasteiger charge is -2.46. The minimum absolute atomic E-state index is 0.172. The highest BCUT2D eigenvalue weighted by Gasteiger charge is 2.52. The van der Waals surface area contributed by atoms with Gasteiger partial charge in [0.2, 0.25) is 0 Å². The molecule has 5 rings (SSSR count). The molecule has 1 aliphatic heterocycles. The highest BCUT2D eigenvalue weighted by atomic mass is 16.5. The number of rotatable bonds is 7. The van der Waals surface area contributed by atoms with Crippen LogP contribution in [-0.2, 0) is 21.7 Å². The first-order chi connectivity index (χ1) is 17.2. The van der Waals surface area contributed by atoms with Crippen LogP contribution in [0.2, 0.25) is 0 Å². The van der Waals surface area contributed by atoms with Gasteiger partial charge in [-0.1, -0.05) is 121 Å². The molecular weight excluding hydrogens is 434 g/mol. The third-order valence-electron chi connectivity index (χ3n) is 6.84. The second-order valence-electron chi connectivity index (χ2n) is 8.90. The zero-order chi connectivity index (χ0) is 24.1.